The quantitative estimate of drug-likeness (QED) is 0.468. The zero-order valence-corrected chi connectivity index (χ0v) is 23.9. The Bertz CT molecular complexity index is 1250. The molecule has 2 saturated heterocycles. The van der Waals surface area contributed by atoms with Crippen molar-refractivity contribution in [2.75, 3.05) is 68.0 Å². The van der Waals surface area contributed by atoms with Gasteiger partial charge in [-0.1, -0.05) is 19.9 Å². The van der Waals surface area contributed by atoms with E-state index in [4.69, 9.17) is 22.1 Å². The minimum absolute atomic E-state index is 0.274. The SMILES string of the molecule is CC(=O)O.CC(C)C1CN(c2ccc(N3CCN(C)CC3)nn2)CCN1C(=S)Nc1cccc2ncccc12. The van der Waals surface area contributed by atoms with Gasteiger partial charge in [0, 0.05) is 70.0 Å². The van der Waals surface area contributed by atoms with Crippen LogP contribution >= 0.6 is 12.2 Å². The van der Waals surface area contributed by atoms with E-state index in [0.29, 0.717) is 5.92 Å². The van der Waals surface area contributed by atoms with Crippen LogP contribution in [0.15, 0.2) is 48.7 Å². The van der Waals surface area contributed by atoms with Crippen LogP contribution in [0.5, 0.6) is 0 Å². The van der Waals surface area contributed by atoms with Crippen LogP contribution in [-0.4, -0.2) is 100 Å². The lowest BCUT2D eigenvalue weighted by Gasteiger charge is -2.45. The molecule has 11 heteroatoms. The molecule has 1 unspecified atom stereocenters. The van der Waals surface area contributed by atoms with Gasteiger partial charge in [-0.05, 0) is 61.6 Å². The number of hydrogen-bond donors (Lipinski definition) is 2. The molecule has 208 valence electrons. The standard InChI is InChI=1S/C26H34N8S.C2H4O2/c1-19(2)23-18-33(25-10-9-24(29-30-25)32-14-12-31(3)13-15-32)16-17-34(23)26(35)28-22-8-4-7-21-20(22)6-5-11-27-21;1-2(3)4/h4-11,19,23H,12-18H2,1-3H3,(H,28,35);1H3,(H,3,4). The number of rotatable bonds is 4. The number of benzene rings is 1. The normalized spacial score (nSPS) is 18.1. The third-order valence-electron chi connectivity index (χ3n) is 7.12. The molecule has 10 nitrogen and oxygen atoms in total. The van der Waals surface area contributed by atoms with Crippen molar-refractivity contribution in [3.8, 4) is 0 Å². The van der Waals surface area contributed by atoms with Crippen LogP contribution in [0.25, 0.3) is 10.9 Å². The summed E-state index contributed by atoms with van der Waals surface area (Å²) in [5.74, 6) is 1.51. The van der Waals surface area contributed by atoms with Crippen LogP contribution < -0.4 is 15.1 Å². The maximum absolute atomic E-state index is 9.00. The van der Waals surface area contributed by atoms with Crippen LogP contribution in [-0.2, 0) is 4.79 Å². The second-order valence-corrected chi connectivity index (χ2v) is 10.7. The lowest BCUT2D eigenvalue weighted by atomic mass is 10.00. The molecule has 2 aromatic heterocycles. The number of hydrogen-bond acceptors (Lipinski definition) is 8. The molecule has 0 spiro atoms. The average molecular weight is 551 g/mol. The molecule has 2 aliphatic rings. The zero-order valence-electron chi connectivity index (χ0n) is 23.1. The summed E-state index contributed by atoms with van der Waals surface area (Å²) in [4.78, 5) is 22.8. The summed E-state index contributed by atoms with van der Waals surface area (Å²) in [7, 11) is 2.16. The molecular weight excluding hydrogens is 512 g/mol. The Labute approximate surface area is 235 Å². The van der Waals surface area contributed by atoms with Gasteiger partial charge in [0.15, 0.2) is 16.7 Å². The topological polar surface area (TPSA) is 101 Å². The summed E-state index contributed by atoms with van der Waals surface area (Å²) in [6.07, 6.45) is 1.82. The van der Waals surface area contributed by atoms with E-state index in [0.717, 1.165) is 86.1 Å². The summed E-state index contributed by atoms with van der Waals surface area (Å²) in [5.41, 5.74) is 1.96. The Morgan fingerprint density at radius 2 is 1.62 bits per heavy atom. The van der Waals surface area contributed by atoms with Gasteiger partial charge in [0.2, 0.25) is 0 Å². The number of nitrogens with zero attached hydrogens (tertiary/aromatic N) is 7. The van der Waals surface area contributed by atoms with Crippen LogP contribution in [0, 0.1) is 5.92 Å². The van der Waals surface area contributed by atoms with E-state index in [9.17, 15) is 0 Å². The third-order valence-corrected chi connectivity index (χ3v) is 7.46. The monoisotopic (exact) mass is 550 g/mol. The van der Waals surface area contributed by atoms with Gasteiger partial charge in [-0.3, -0.25) is 9.78 Å². The lowest BCUT2D eigenvalue weighted by Crippen LogP contribution is -2.58. The van der Waals surface area contributed by atoms with Gasteiger partial charge in [-0.25, -0.2) is 0 Å². The predicted molar refractivity (Wildman–Crippen MR) is 161 cm³/mol. The second-order valence-electron chi connectivity index (χ2n) is 10.3. The Balaban J connectivity index is 0.000000826. The van der Waals surface area contributed by atoms with E-state index < -0.39 is 5.97 Å². The van der Waals surface area contributed by atoms with Gasteiger partial charge >= 0.3 is 0 Å². The van der Waals surface area contributed by atoms with E-state index in [2.05, 4.69) is 85.3 Å². The first-order valence-corrected chi connectivity index (χ1v) is 13.8. The summed E-state index contributed by atoms with van der Waals surface area (Å²) < 4.78 is 0. The highest BCUT2D eigenvalue weighted by Crippen LogP contribution is 2.26. The number of aromatic nitrogens is 3. The number of carbonyl (C=O) groups is 1. The number of anilines is 3. The number of pyridine rings is 1. The van der Waals surface area contributed by atoms with Crippen LogP contribution in [0.2, 0.25) is 0 Å². The van der Waals surface area contributed by atoms with Crippen molar-refractivity contribution in [1.29, 1.82) is 0 Å². The van der Waals surface area contributed by atoms with E-state index >= 15 is 0 Å². The molecule has 0 aliphatic carbocycles. The van der Waals surface area contributed by atoms with Gasteiger partial charge < -0.3 is 30.0 Å². The number of thiocarbonyl (C=S) groups is 1. The molecule has 1 aromatic carbocycles. The van der Waals surface area contributed by atoms with Crippen molar-refractivity contribution in [2.45, 2.75) is 26.8 Å². The van der Waals surface area contributed by atoms with Crippen LogP contribution in [0.4, 0.5) is 17.3 Å². The largest absolute Gasteiger partial charge is 0.481 e. The minimum atomic E-state index is -0.833. The number of fused-ring (bicyclic) bond motifs is 1. The van der Waals surface area contributed by atoms with Crippen molar-refractivity contribution in [3.63, 3.8) is 0 Å². The van der Waals surface area contributed by atoms with Gasteiger partial charge in [0.1, 0.15) is 0 Å². The van der Waals surface area contributed by atoms with E-state index in [-0.39, 0.29) is 6.04 Å². The number of carboxylic acids is 1. The molecular formula is C28H38N8O2S. The highest BCUT2D eigenvalue weighted by atomic mass is 32.1. The van der Waals surface area contributed by atoms with Crippen molar-refractivity contribution in [2.24, 2.45) is 5.92 Å². The van der Waals surface area contributed by atoms with E-state index in [1.165, 1.54) is 0 Å². The molecule has 3 aromatic rings. The first kappa shape index (κ1) is 28.4. The number of aliphatic carboxylic acids is 1. The van der Waals surface area contributed by atoms with Crippen molar-refractivity contribution >= 4 is 51.5 Å². The van der Waals surface area contributed by atoms with Gasteiger partial charge in [0.05, 0.1) is 11.6 Å². The Kier molecular flexibility index (Phi) is 9.47. The van der Waals surface area contributed by atoms with Gasteiger partial charge in [0.25, 0.3) is 5.97 Å². The summed E-state index contributed by atoms with van der Waals surface area (Å²) >= 11 is 5.91. The first-order valence-electron chi connectivity index (χ1n) is 13.4. The fraction of sp³-hybridized carbons (Fsp3) is 0.464. The number of piperazine rings is 2. The van der Waals surface area contributed by atoms with E-state index in [1.807, 2.05) is 24.4 Å². The van der Waals surface area contributed by atoms with Gasteiger partial charge in [-0.2, -0.15) is 0 Å². The maximum Gasteiger partial charge on any atom is 0.300 e. The molecule has 1 atom stereocenters. The molecule has 2 aliphatic heterocycles. The van der Waals surface area contributed by atoms with Crippen LogP contribution in [0.1, 0.15) is 20.8 Å². The smallest absolute Gasteiger partial charge is 0.300 e. The molecule has 2 N–H and O–H groups in total. The molecule has 2 fully saturated rings. The second kappa shape index (κ2) is 13.0. The average Bonchev–Trinajstić information content (AvgIpc) is 2.93. The minimum Gasteiger partial charge on any atom is -0.481 e. The Morgan fingerprint density at radius 1 is 0.974 bits per heavy atom. The number of nitrogens with one attached hydrogen (secondary N) is 1. The highest BCUT2D eigenvalue weighted by molar-refractivity contribution is 7.80. The molecule has 0 saturated carbocycles. The zero-order chi connectivity index (χ0) is 27.9. The highest BCUT2D eigenvalue weighted by Gasteiger charge is 2.32. The van der Waals surface area contributed by atoms with Crippen molar-refractivity contribution in [1.82, 2.24) is 25.0 Å². The van der Waals surface area contributed by atoms with Crippen molar-refractivity contribution < 1.29 is 9.90 Å². The summed E-state index contributed by atoms with van der Waals surface area (Å²) in [5, 5.41) is 21.9. The fourth-order valence-electron chi connectivity index (χ4n) is 4.93. The van der Waals surface area contributed by atoms with E-state index in [1.54, 1.807) is 0 Å². The summed E-state index contributed by atoms with van der Waals surface area (Å²) in [6.45, 7) is 12.3. The Hall–Kier alpha value is -3.57. The fourth-order valence-corrected chi connectivity index (χ4v) is 5.27. The van der Waals surface area contributed by atoms with Crippen molar-refractivity contribution in [3.05, 3.63) is 48.7 Å². The lowest BCUT2D eigenvalue weighted by molar-refractivity contribution is -0.134. The maximum atomic E-state index is 9.00. The number of carboxylic acid groups (broad SMARTS) is 1. The molecule has 0 amide bonds. The molecule has 0 bridgehead atoms. The number of likely N-dealkylation sites (N-methyl/N-ethyl adjacent to an activating group) is 1. The van der Waals surface area contributed by atoms with Crippen LogP contribution in [0.3, 0.4) is 0 Å². The summed E-state index contributed by atoms with van der Waals surface area (Å²) in [6, 6.07) is 14.7. The molecule has 5 rings (SSSR count). The molecule has 39 heavy (non-hydrogen) atoms. The molecule has 4 heterocycles. The Morgan fingerprint density at radius 3 is 2.26 bits per heavy atom. The first-order chi connectivity index (χ1) is 18.7. The third kappa shape index (κ3) is 7.30. The predicted octanol–water partition coefficient (Wildman–Crippen LogP) is 3.41. The molecule has 0 radical (unpaired) electrons. The van der Waals surface area contributed by atoms with Gasteiger partial charge in [-0.15, -0.1) is 10.2 Å².